The van der Waals surface area contributed by atoms with Crippen molar-refractivity contribution in [2.45, 2.75) is 58.3 Å². The molecule has 6 nitrogen and oxygen atoms in total. The fraction of sp³-hybridized carbons (Fsp3) is 0.909. The van der Waals surface area contributed by atoms with Crippen LogP contribution in [0.2, 0.25) is 0 Å². The maximum absolute atomic E-state index is 5.68. The number of nitrogens with zero attached hydrogens (tertiary/aromatic N) is 4. The van der Waals surface area contributed by atoms with Gasteiger partial charge in [0.1, 0.15) is 0 Å². The third-order valence-electron chi connectivity index (χ3n) is 3.12. The molecule has 1 aliphatic heterocycles. The second-order valence-electron chi connectivity index (χ2n) is 4.87. The molecule has 2 heterocycles. The minimum Gasteiger partial charge on any atom is -0.376 e. The van der Waals surface area contributed by atoms with Gasteiger partial charge in [-0.15, -0.1) is 5.10 Å². The van der Waals surface area contributed by atoms with E-state index in [1.54, 1.807) is 0 Å². The minimum absolute atomic E-state index is 0.205. The standard InChI is InChI=1S/C11H21N5O/c1-8(2)12-7-11-13-14-15-16(11)9(3)10-5-4-6-17-10/h8-10,12H,4-7H2,1-3H3. The second-order valence-corrected chi connectivity index (χ2v) is 4.87. The first-order valence-electron chi connectivity index (χ1n) is 6.30. The van der Waals surface area contributed by atoms with Gasteiger partial charge in [-0.25, -0.2) is 4.68 Å². The molecule has 0 spiro atoms. The molecule has 1 N–H and O–H groups in total. The Morgan fingerprint density at radius 2 is 2.29 bits per heavy atom. The van der Waals surface area contributed by atoms with Crippen LogP contribution in [-0.2, 0) is 11.3 Å². The molecule has 1 saturated heterocycles. The molecule has 0 aliphatic carbocycles. The molecule has 96 valence electrons. The molecule has 0 bridgehead atoms. The summed E-state index contributed by atoms with van der Waals surface area (Å²) in [4.78, 5) is 0. The molecule has 1 aromatic heterocycles. The molecule has 1 fully saturated rings. The lowest BCUT2D eigenvalue weighted by Crippen LogP contribution is -2.28. The number of aromatic nitrogens is 4. The number of nitrogens with one attached hydrogen (secondary N) is 1. The van der Waals surface area contributed by atoms with Crippen LogP contribution in [0.4, 0.5) is 0 Å². The Bertz CT molecular complexity index is 345. The summed E-state index contributed by atoms with van der Waals surface area (Å²) in [5, 5.41) is 15.2. The van der Waals surface area contributed by atoms with Crippen molar-refractivity contribution in [3.8, 4) is 0 Å². The van der Waals surface area contributed by atoms with E-state index in [-0.39, 0.29) is 12.1 Å². The van der Waals surface area contributed by atoms with E-state index < -0.39 is 0 Å². The lowest BCUT2D eigenvalue weighted by atomic mass is 10.1. The Labute approximate surface area is 102 Å². The minimum atomic E-state index is 0.205. The van der Waals surface area contributed by atoms with Crippen LogP contribution >= 0.6 is 0 Å². The van der Waals surface area contributed by atoms with Crippen molar-refractivity contribution in [3.05, 3.63) is 5.82 Å². The lowest BCUT2D eigenvalue weighted by molar-refractivity contribution is 0.0672. The highest BCUT2D eigenvalue weighted by molar-refractivity contribution is 4.87. The van der Waals surface area contributed by atoms with Crippen molar-refractivity contribution in [1.29, 1.82) is 0 Å². The van der Waals surface area contributed by atoms with E-state index >= 15 is 0 Å². The van der Waals surface area contributed by atoms with Crippen molar-refractivity contribution in [1.82, 2.24) is 25.5 Å². The van der Waals surface area contributed by atoms with Crippen LogP contribution in [-0.4, -0.2) is 39.0 Å². The van der Waals surface area contributed by atoms with Crippen molar-refractivity contribution in [2.75, 3.05) is 6.61 Å². The molecule has 17 heavy (non-hydrogen) atoms. The van der Waals surface area contributed by atoms with Crippen LogP contribution < -0.4 is 5.32 Å². The number of rotatable bonds is 5. The first kappa shape index (κ1) is 12.4. The largest absolute Gasteiger partial charge is 0.376 e. The zero-order valence-corrected chi connectivity index (χ0v) is 10.8. The van der Waals surface area contributed by atoms with Gasteiger partial charge >= 0.3 is 0 Å². The van der Waals surface area contributed by atoms with Gasteiger partial charge in [-0.2, -0.15) is 0 Å². The van der Waals surface area contributed by atoms with E-state index in [0.717, 1.165) is 25.3 Å². The van der Waals surface area contributed by atoms with Gasteiger partial charge in [0.05, 0.1) is 18.7 Å². The first-order valence-corrected chi connectivity index (χ1v) is 6.30. The quantitative estimate of drug-likeness (QED) is 0.827. The molecule has 0 radical (unpaired) electrons. The van der Waals surface area contributed by atoms with Gasteiger partial charge in [0.2, 0.25) is 0 Å². The van der Waals surface area contributed by atoms with Gasteiger partial charge in [0, 0.05) is 12.6 Å². The van der Waals surface area contributed by atoms with Gasteiger partial charge in [-0.3, -0.25) is 0 Å². The molecule has 0 amide bonds. The van der Waals surface area contributed by atoms with Crippen LogP contribution in [0, 0.1) is 0 Å². The average Bonchev–Trinajstić information content (AvgIpc) is 2.96. The fourth-order valence-corrected chi connectivity index (χ4v) is 2.08. The molecule has 1 aliphatic rings. The van der Waals surface area contributed by atoms with Gasteiger partial charge in [-0.05, 0) is 30.2 Å². The molecule has 2 rings (SSSR count). The molecule has 1 aromatic rings. The van der Waals surface area contributed by atoms with Crippen molar-refractivity contribution in [2.24, 2.45) is 0 Å². The Morgan fingerprint density at radius 3 is 2.94 bits per heavy atom. The van der Waals surface area contributed by atoms with Crippen LogP contribution in [0.5, 0.6) is 0 Å². The Kier molecular flexibility index (Phi) is 4.06. The fourth-order valence-electron chi connectivity index (χ4n) is 2.08. The number of ether oxygens (including phenoxy) is 1. The van der Waals surface area contributed by atoms with Crippen LogP contribution in [0.15, 0.2) is 0 Å². The first-order chi connectivity index (χ1) is 8.18. The summed E-state index contributed by atoms with van der Waals surface area (Å²) < 4.78 is 7.56. The van der Waals surface area contributed by atoms with E-state index in [2.05, 4.69) is 41.6 Å². The highest BCUT2D eigenvalue weighted by atomic mass is 16.5. The zero-order chi connectivity index (χ0) is 12.3. The smallest absolute Gasteiger partial charge is 0.165 e. The molecular formula is C11H21N5O. The summed E-state index contributed by atoms with van der Waals surface area (Å²) in [6.07, 6.45) is 2.48. The predicted octanol–water partition coefficient (Wildman–Crippen LogP) is 0.911. The third kappa shape index (κ3) is 3.01. The number of hydrogen-bond donors (Lipinski definition) is 1. The summed E-state index contributed by atoms with van der Waals surface area (Å²) in [7, 11) is 0. The summed E-state index contributed by atoms with van der Waals surface area (Å²) in [6, 6.07) is 0.634. The maximum Gasteiger partial charge on any atom is 0.165 e. The van der Waals surface area contributed by atoms with Gasteiger partial charge in [-0.1, -0.05) is 13.8 Å². The average molecular weight is 239 g/mol. The molecule has 2 atom stereocenters. The SMILES string of the molecule is CC(C)NCc1nnnn1C(C)C1CCCO1. The summed E-state index contributed by atoms with van der Waals surface area (Å²) in [5.74, 6) is 0.877. The monoisotopic (exact) mass is 239 g/mol. The number of tetrazole rings is 1. The summed E-state index contributed by atoms with van der Waals surface area (Å²) >= 11 is 0. The molecule has 2 unspecified atom stereocenters. The van der Waals surface area contributed by atoms with Gasteiger partial charge in [0.15, 0.2) is 5.82 Å². The third-order valence-corrected chi connectivity index (χ3v) is 3.12. The summed E-state index contributed by atoms with van der Waals surface area (Å²) in [5.41, 5.74) is 0. The Hall–Kier alpha value is -1.01. The molecule has 0 aromatic carbocycles. The van der Waals surface area contributed by atoms with Crippen molar-refractivity contribution in [3.63, 3.8) is 0 Å². The Balaban J connectivity index is 2.01. The van der Waals surface area contributed by atoms with E-state index in [1.165, 1.54) is 0 Å². The number of hydrogen-bond acceptors (Lipinski definition) is 5. The second kappa shape index (κ2) is 5.55. The van der Waals surface area contributed by atoms with E-state index in [9.17, 15) is 0 Å². The molecule has 6 heteroatoms. The topological polar surface area (TPSA) is 64.9 Å². The van der Waals surface area contributed by atoms with Crippen LogP contribution in [0.25, 0.3) is 0 Å². The van der Waals surface area contributed by atoms with Crippen molar-refractivity contribution >= 4 is 0 Å². The normalized spacial score (nSPS) is 22.2. The Morgan fingerprint density at radius 1 is 1.47 bits per heavy atom. The van der Waals surface area contributed by atoms with Crippen LogP contribution in [0.3, 0.4) is 0 Å². The highest BCUT2D eigenvalue weighted by Gasteiger charge is 2.26. The highest BCUT2D eigenvalue weighted by Crippen LogP contribution is 2.23. The van der Waals surface area contributed by atoms with E-state index in [1.807, 2.05) is 4.68 Å². The maximum atomic E-state index is 5.68. The predicted molar refractivity (Wildman–Crippen MR) is 63.5 cm³/mol. The van der Waals surface area contributed by atoms with Crippen LogP contribution in [0.1, 0.15) is 45.5 Å². The van der Waals surface area contributed by atoms with E-state index in [4.69, 9.17) is 4.74 Å². The van der Waals surface area contributed by atoms with E-state index in [0.29, 0.717) is 12.6 Å². The zero-order valence-electron chi connectivity index (χ0n) is 10.8. The molecule has 0 saturated carbocycles. The lowest BCUT2D eigenvalue weighted by Gasteiger charge is -2.19. The van der Waals surface area contributed by atoms with Crippen molar-refractivity contribution < 1.29 is 4.74 Å². The van der Waals surface area contributed by atoms with Gasteiger partial charge < -0.3 is 10.1 Å². The summed E-state index contributed by atoms with van der Waals surface area (Å²) in [6.45, 7) is 7.89. The van der Waals surface area contributed by atoms with Gasteiger partial charge in [0.25, 0.3) is 0 Å². The molecular weight excluding hydrogens is 218 g/mol.